The molecule has 1 heterocycles. The van der Waals surface area contributed by atoms with Crippen LogP contribution < -0.4 is 5.43 Å². The Morgan fingerprint density at radius 1 is 1.43 bits per heavy atom. The second-order valence-electron chi connectivity index (χ2n) is 4.31. The van der Waals surface area contributed by atoms with E-state index in [9.17, 15) is 22.8 Å². The van der Waals surface area contributed by atoms with Crippen LogP contribution in [0.15, 0.2) is 23.3 Å². The van der Waals surface area contributed by atoms with E-state index in [2.05, 4.69) is 4.98 Å². The summed E-state index contributed by atoms with van der Waals surface area (Å²) in [6.07, 6.45) is -1.85. The monoisotopic (exact) mass is 306 g/mol. The number of carbonyl (C=O) groups excluding carboxylic acids is 1. The van der Waals surface area contributed by atoms with Crippen molar-refractivity contribution in [2.75, 3.05) is 26.3 Å². The van der Waals surface area contributed by atoms with E-state index in [4.69, 9.17) is 4.74 Å². The first-order chi connectivity index (χ1) is 9.85. The van der Waals surface area contributed by atoms with Gasteiger partial charge in [0.1, 0.15) is 12.1 Å². The zero-order chi connectivity index (χ0) is 15.9. The van der Waals surface area contributed by atoms with Crippen LogP contribution in [0.2, 0.25) is 0 Å². The van der Waals surface area contributed by atoms with Crippen LogP contribution in [0.25, 0.3) is 0 Å². The fraction of sp³-hybridized carbons (Fsp3) is 0.538. The summed E-state index contributed by atoms with van der Waals surface area (Å²) in [7, 11) is 0. The molecule has 1 aromatic heterocycles. The summed E-state index contributed by atoms with van der Waals surface area (Å²) in [5.41, 5.74) is -0.922. The standard InChI is InChI=1S/C13H17F3N2O3/c1-2-21-7-3-6-18(9-13(14,15)16)12(20)10-8-17-5-4-11(10)19/h4-5,8H,2-3,6-7,9H2,1H3,(H,17,19). The fourth-order valence-electron chi connectivity index (χ4n) is 1.72. The highest BCUT2D eigenvalue weighted by Gasteiger charge is 2.33. The van der Waals surface area contributed by atoms with Gasteiger partial charge in [-0.1, -0.05) is 0 Å². The van der Waals surface area contributed by atoms with Crippen molar-refractivity contribution in [1.29, 1.82) is 0 Å². The molecule has 8 heteroatoms. The van der Waals surface area contributed by atoms with Crippen molar-refractivity contribution in [1.82, 2.24) is 9.88 Å². The summed E-state index contributed by atoms with van der Waals surface area (Å²) < 4.78 is 42.7. The van der Waals surface area contributed by atoms with Gasteiger partial charge in [0.05, 0.1) is 0 Å². The van der Waals surface area contributed by atoms with Gasteiger partial charge in [0, 0.05) is 38.2 Å². The van der Waals surface area contributed by atoms with Gasteiger partial charge in [0.25, 0.3) is 5.91 Å². The lowest BCUT2D eigenvalue weighted by Gasteiger charge is -2.23. The van der Waals surface area contributed by atoms with Gasteiger partial charge in [0.2, 0.25) is 0 Å². The Morgan fingerprint density at radius 2 is 2.14 bits per heavy atom. The molecule has 0 atom stereocenters. The third kappa shape index (κ3) is 5.99. The van der Waals surface area contributed by atoms with Crippen LogP contribution in [0.4, 0.5) is 13.2 Å². The molecule has 1 rings (SSSR count). The molecule has 1 N–H and O–H groups in total. The maximum Gasteiger partial charge on any atom is 0.406 e. The van der Waals surface area contributed by atoms with Gasteiger partial charge >= 0.3 is 6.18 Å². The van der Waals surface area contributed by atoms with E-state index in [1.165, 1.54) is 6.20 Å². The number of nitrogens with zero attached hydrogens (tertiary/aromatic N) is 1. The molecule has 0 bridgehead atoms. The van der Waals surface area contributed by atoms with Crippen LogP contribution in [0.5, 0.6) is 0 Å². The number of hydrogen-bond acceptors (Lipinski definition) is 3. The molecular weight excluding hydrogens is 289 g/mol. The lowest BCUT2D eigenvalue weighted by atomic mass is 10.2. The Balaban J connectivity index is 2.82. The molecular formula is C13H17F3N2O3. The van der Waals surface area contributed by atoms with Gasteiger partial charge in [-0.3, -0.25) is 9.59 Å². The molecule has 0 aliphatic heterocycles. The molecule has 0 fully saturated rings. The lowest BCUT2D eigenvalue weighted by Crippen LogP contribution is -2.41. The first-order valence-corrected chi connectivity index (χ1v) is 6.46. The van der Waals surface area contributed by atoms with Crippen LogP contribution >= 0.6 is 0 Å². The van der Waals surface area contributed by atoms with Gasteiger partial charge in [-0.2, -0.15) is 13.2 Å². The SMILES string of the molecule is CCOCCCN(CC(F)(F)F)C(=O)c1c[nH]ccc1=O. The molecule has 0 aromatic carbocycles. The lowest BCUT2D eigenvalue weighted by molar-refractivity contribution is -0.141. The molecule has 0 aliphatic rings. The molecule has 118 valence electrons. The van der Waals surface area contributed by atoms with E-state index in [-0.39, 0.29) is 25.1 Å². The second-order valence-corrected chi connectivity index (χ2v) is 4.31. The smallest absolute Gasteiger partial charge is 0.382 e. The van der Waals surface area contributed by atoms with Gasteiger partial charge < -0.3 is 14.6 Å². The molecule has 0 radical (unpaired) electrons. The van der Waals surface area contributed by atoms with Crippen LogP contribution in [0, 0.1) is 0 Å². The number of ether oxygens (including phenoxy) is 1. The summed E-state index contributed by atoms with van der Waals surface area (Å²) in [6, 6.07) is 1.10. The highest BCUT2D eigenvalue weighted by atomic mass is 19.4. The predicted octanol–water partition coefficient (Wildman–Crippen LogP) is 1.81. The fourth-order valence-corrected chi connectivity index (χ4v) is 1.72. The van der Waals surface area contributed by atoms with E-state index in [0.717, 1.165) is 12.3 Å². The van der Waals surface area contributed by atoms with E-state index in [0.29, 0.717) is 11.5 Å². The minimum atomic E-state index is -4.52. The Bertz CT molecular complexity index is 514. The van der Waals surface area contributed by atoms with Crippen molar-refractivity contribution < 1.29 is 22.7 Å². The van der Waals surface area contributed by atoms with Gasteiger partial charge in [-0.15, -0.1) is 0 Å². The molecule has 1 amide bonds. The number of rotatable bonds is 7. The van der Waals surface area contributed by atoms with Gasteiger partial charge in [0.15, 0.2) is 5.43 Å². The number of aromatic amines is 1. The molecule has 0 unspecified atom stereocenters. The average molecular weight is 306 g/mol. The quantitative estimate of drug-likeness (QED) is 0.781. The number of H-pyrrole nitrogens is 1. The maximum atomic E-state index is 12.5. The van der Waals surface area contributed by atoms with Crippen molar-refractivity contribution in [2.45, 2.75) is 19.5 Å². The summed E-state index contributed by atoms with van der Waals surface area (Å²) >= 11 is 0. The molecule has 1 aromatic rings. The number of carbonyl (C=O) groups is 1. The van der Waals surface area contributed by atoms with Crippen LogP contribution in [-0.2, 0) is 4.74 Å². The Kier molecular flexibility index (Phi) is 6.41. The van der Waals surface area contributed by atoms with Crippen molar-refractivity contribution >= 4 is 5.91 Å². The number of pyridine rings is 1. The first-order valence-electron chi connectivity index (χ1n) is 6.46. The highest BCUT2D eigenvalue weighted by molar-refractivity contribution is 5.93. The van der Waals surface area contributed by atoms with Crippen LogP contribution in [0.3, 0.4) is 0 Å². The molecule has 0 spiro atoms. The maximum absolute atomic E-state index is 12.5. The minimum absolute atomic E-state index is 0.132. The minimum Gasteiger partial charge on any atom is -0.382 e. The molecule has 0 saturated carbocycles. The number of nitrogens with one attached hydrogen (secondary N) is 1. The van der Waals surface area contributed by atoms with Crippen molar-refractivity contribution in [3.8, 4) is 0 Å². The number of hydrogen-bond donors (Lipinski definition) is 1. The Morgan fingerprint density at radius 3 is 2.71 bits per heavy atom. The number of halogens is 3. The third-order valence-electron chi connectivity index (χ3n) is 2.63. The zero-order valence-electron chi connectivity index (χ0n) is 11.6. The summed E-state index contributed by atoms with van der Waals surface area (Å²) in [5, 5.41) is 0. The predicted molar refractivity (Wildman–Crippen MR) is 70.1 cm³/mol. The van der Waals surface area contributed by atoms with Gasteiger partial charge in [-0.05, 0) is 13.3 Å². The highest BCUT2D eigenvalue weighted by Crippen LogP contribution is 2.17. The van der Waals surface area contributed by atoms with E-state index < -0.39 is 24.1 Å². The Labute approximate surface area is 119 Å². The number of amides is 1. The molecule has 21 heavy (non-hydrogen) atoms. The Hall–Kier alpha value is -1.83. The number of aromatic nitrogens is 1. The topological polar surface area (TPSA) is 62.4 Å². The summed E-state index contributed by atoms with van der Waals surface area (Å²) in [4.78, 5) is 26.7. The summed E-state index contributed by atoms with van der Waals surface area (Å²) in [6.45, 7) is 0.940. The van der Waals surface area contributed by atoms with Crippen molar-refractivity contribution in [3.05, 3.63) is 34.2 Å². The largest absolute Gasteiger partial charge is 0.406 e. The van der Waals surface area contributed by atoms with Crippen molar-refractivity contribution in [2.24, 2.45) is 0 Å². The van der Waals surface area contributed by atoms with E-state index in [1.807, 2.05) is 0 Å². The van der Waals surface area contributed by atoms with Crippen molar-refractivity contribution in [3.63, 3.8) is 0 Å². The van der Waals surface area contributed by atoms with E-state index in [1.54, 1.807) is 6.92 Å². The molecule has 0 aliphatic carbocycles. The van der Waals surface area contributed by atoms with Crippen LogP contribution in [-0.4, -0.2) is 48.3 Å². The second kappa shape index (κ2) is 7.82. The van der Waals surface area contributed by atoms with Crippen LogP contribution in [0.1, 0.15) is 23.7 Å². The number of alkyl halides is 3. The van der Waals surface area contributed by atoms with E-state index >= 15 is 0 Å². The third-order valence-corrected chi connectivity index (χ3v) is 2.63. The molecule has 0 saturated heterocycles. The summed E-state index contributed by atoms with van der Waals surface area (Å²) in [5.74, 6) is -0.939. The normalized spacial score (nSPS) is 11.4. The van der Waals surface area contributed by atoms with Gasteiger partial charge in [-0.25, -0.2) is 0 Å². The zero-order valence-corrected chi connectivity index (χ0v) is 11.6. The molecule has 5 nitrogen and oxygen atoms in total. The first kappa shape index (κ1) is 17.2. The average Bonchev–Trinajstić information content (AvgIpc) is 2.41.